The summed E-state index contributed by atoms with van der Waals surface area (Å²) < 4.78 is 10.7. The third-order valence-corrected chi connectivity index (χ3v) is 3.14. The highest BCUT2D eigenvalue weighted by atomic mass is 16.5. The van der Waals surface area contributed by atoms with E-state index < -0.39 is 0 Å². The molecule has 0 radical (unpaired) electrons. The number of aromatic nitrogens is 2. The number of ether oxygens (including phenoxy) is 1. The molecule has 0 saturated carbocycles. The van der Waals surface area contributed by atoms with Crippen LogP contribution in [0.3, 0.4) is 0 Å². The van der Waals surface area contributed by atoms with Gasteiger partial charge in [0.2, 0.25) is 11.7 Å². The minimum absolute atomic E-state index is 0.219. The van der Waals surface area contributed by atoms with E-state index in [0.717, 1.165) is 12.2 Å². The molecule has 2 aromatic rings. The van der Waals surface area contributed by atoms with E-state index in [2.05, 4.69) is 24.0 Å². The van der Waals surface area contributed by atoms with Gasteiger partial charge in [-0.2, -0.15) is 4.98 Å². The summed E-state index contributed by atoms with van der Waals surface area (Å²) in [7, 11) is 0. The first-order chi connectivity index (χ1) is 9.20. The molecule has 0 amide bonds. The molecule has 19 heavy (non-hydrogen) atoms. The van der Waals surface area contributed by atoms with Crippen LogP contribution in [0.15, 0.2) is 34.9 Å². The largest absolute Gasteiger partial charge is 0.485 e. The van der Waals surface area contributed by atoms with Gasteiger partial charge in [0, 0.05) is 0 Å². The van der Waals surface area contributed by atoms with E-state index in [9.17, 15) is 0 Å². The molecule has 0 bridgehead atoms. The van der Waals surface area contributed by atoms with Crippen molar-refractivity contribution >= 4 is 0 Å². The summed E-state index contributed by atoms with van der Waals surface area (Å²) in [6, 6.07) is 9.30. The standard InChI is InChI=1S/C14H19N3O2/c1-3-10(2)13(15)14-16-12(17-19-14)9-18-11-7-5-4-6-8-11/h4-8,10,13H,3,9,15H2,1-2H3/t10-,13-/m0/s1. The average Bonchev–Trinajstić information content (AvgIpc) is 2.93. The van der Waals surface area contributed by atoms with Crippen LogP contribution in [-0.4, -0.2) is 10.1 Å². The van der Waals surface area contributed by atoms with Gasteiger partial charge in [0.1, 0.15) is 5.75 Å². The van der Waals surface area contributed by atoms with Crippen LogP contribution < -0.4 is 10.5 Å². The maximum Gasteiger partial charge on any atom is 0.243 e. The molecule has 0 unspecified atom stereocenters. The molecule has 0 saturated heterocycles. The second kappa shape index (κ2) is 6.33. The first kappa shape index (κ1) is 13.5. The molecule has 2 N–H and O–H groups in total. The monoisotopic (exact) mass is 261 g/mol. The van der Waals surface area contributed by atoms with Gasteiger partial charge in [0.15, 0.2) is 6.61 Å². The predicted molar refractivity (Wildman–Crippen MR) is 71.5 cm³/mol. The highest BCUT2D eigenvalue weighted by molar-refractivity contribution is 5.20. The quantitative estimate of drug-likeness (QED) is 0.865. The minimum Gasteiger partial charge on any atom is -0.485 e. The van der Waals surface area contributed by atoms with Crippen LogP contribution in [-0.2, 0) is 6.61 Å². The molecule has 1 heterocycles. The Balaban J connectivity index is 1.94. The van der Waals surface area contributed by atoms with Gasteiger partial charge >= 0.3 is 0 Å². The van der Waals surface area contributed by atoms with Crippen molar-refractivity contribution in [3.63, 3.8) is 0 Å². The summed E-state index contributed by atoms with van der Waals surface area (Å²) in [4.78, 5) is 4.27. The summed E-state index contributed by atoms with van der Waals surface area (Å²) in [5, 5.41) is 3.88. The Labute approximate surface area is 112 Å². The summed E-state index contributed by atoms with van der Waals surface area (Å²) >= 11 is 0. The molecule has 2 rings (SSSR count). The fourth-order valence-electron chi connectivity index (χ4n) is 1.62. The van der Waals surface area contributed by atoms with Gasteiger partial charge in [-0.15, -0.1) is 0 Å². The van der Waals surface area contributed by atoms with Gasteiger partial charge in [-0.25, -0.2) is 0 Å². The Kier molecular flexibility index (Phi) is 4.52. The Morgan fingerprint density at radius 3 is 2.74 bits per heavy atom. The zero-order chi connectivity index (χ0) is 13.7. The molecule has 0 aliphatic rings. The third-order valence-electron chi connectivity index (χ3n) is 3.14. The predicted octanol–water partition coefficient (Wildman–Crippen LogP) is 2.69. The Bertz CT molecular complexity index is 498. The maximum absolute atomic E-state index is 6.03. The number of benzene rings is 1. The van der Waals surface area contributed by atoms with Crippen LogP contribution in [0.25, 0.3) is 0 Å². The third kappa shape index (κ3) is 3.54. The van der Waals surface area contributed by atoms with Crippen molar-refractivity contribution in [2.24, 2.45) is 11.7 Å². The number of nitrogens with zero attached hydrogens (tertiary/aromatic N) is 2. The van der Waals surface area contributed by atoms with E-state index in [4.69, 9.17) is 15.0 Å². The lowest BCUT2D eigenvalue weighted by atomic mass is 10.0. The second-order valence-electron chi connectivity index (χ2n) is 4.56. The van der Waals surface area contributed by atoms with Crippen molar-refractivity contribution in [2.75, 3.05) is 0 Å². The number of rotatable bonds is 6. The summed E-state index contributed by atoms with van der Waals surface area (Å²) in [5.74, 6) is 2.07. The lowest BCUT2D eigenvalue weighted by molar-refractivity contribution is 0.279. The smallest absolute Gasteiger partial charge is 0.243 e. The lowest BCUT2D eigenvalue weighted by Crippen LogP contribution is -2.18. The van der Waals surface area contributed by atoms with Crippen LogP contribution in [0.1, 0.15) is 38.0 Å². The maximum atomic E-state index is 6.03. The highest BCUT2D eigenvalue weighted by Gasteiger charge is 2.20. The fraction of sp³-hybridized carbons (Fsp3) is 0.429. The molecule has 0 fully saturated rings. The second-order valence-corrected chi connectivity index (χ2v) is 4.56. The molecule has 1 aromatic carbocycles. The molecular formula is C14H19N3O2. The average molecular weight is 261 g/mol. The fourth-order valence-corrected chi connectivity index (χ4v) is 1.62. The van der Waals surface area contributed by atoms with Crippen molar-refractivity contribution in [3.8, 4) is 5.75 Å². The van der Waals surface area contributed by atoms with E-state index in [0.29, 0.717) is 17.6 Å². The first-order valence-electron chi connectivity index (χ1n) is 6.46. The van der Waals surface area contributed by atoms with Gasteiger partial charge in [-0.1, -0.05) is 43.6 Å². The van der Waals surface area contributed by atoms with Crippen molar-refractivity contribution < 1.29 is 9.26 Å². The van der Waals surface area contributed by atoms with Crippen molar-refractivity contribution in [3.05, 3.63) is 42.0 Å². The van der Waals surface area contributed by atoms with E-state index in [1.165, 1.54) is 0 Å². The molecule has 2 atom stereocenters. The lowest BCUT2D eigenvalue weighted by Gasteiger charge is -2.12. The van der Waals surface area contributed by atoms with Crippen LogP contribution in [0.4, 0.5) is 0 Å². The van der Waals surface area contributed by atoms with Crippen molar-refractivity contribution in [1.29, 1.82) is 0 Å². The number of nitrogens with two attached hydrogens (primary N) is 1. The molecular weight excluding hydrogens is 242 g/mol. The van der Waals surface area contributed by atoms with E-state index in [1.807, 2.05) is 30.3 Å². The summed E-state index contributed by atoms with van der Waals surface area (Å²) in [6.45, 7) is 4.43. The highest BCUT2D eigenvalue weighted by Crippen LogP contribution is 2.20. The zero-order valence-electron chi connectivity index (χ0n) is 11.2. The van der Waals surface area contributed by atoms with Gasteiger partial charge < -0.3 is 15.0 Å². The zero-order valence-corrected chi connectivity index (χ0v) is 11.2. The minimum atomic E-state index is -0.219. The van der Waals surface area contributed by atoms with Gasteiger partial charge in [0.25, 0.3) is 0 Å². The van der Waals surface area contributed by atoms with Crippen LogP contribution in [0.5, 0.6) is 5.75 Å². The molecule has 0 spiro atoms. The molecule has 5 nitrogen and oxygen atoms in total. The SMILES string of the molecule is CC[C@H](C)[C@H](N)c1nc(COc2ccccc2)no1. The molecule has 0 aliphatic carbocycles. The number of para-hydroxylation sites is 1. The normalized spacial score (nSPS) is 14.1. The topological polar surface area (TPSA) is 74.2 Å². The van der Waals surface area contributed by atoms with Gasteiger partial charge in [0.05, 0.1) is 6.04 Å². The summed E-state index contributed by atoms with van der Waals surface area (Å²) in [5.41, 5.74) is 6.03. The summed E-state index contributed by atoms with van der Waals surface area (Å²) in [6.07, 6.45) is 0.972. The number of hydrogen-bond donors (Lipinski definition) is 1. The van der Waals surface area contributed by atoms with Crippen LogP contribution >= 0.6 is 0 Å². The van der Waals surface area contributed by atoms with E-state index >= 15 is 0 Å². The van der Waals surface area contributed by atoms with Crippen molar-refractivity contribution in [1.82, 2.24) is 10.1 Å². The van der Waals surface area contributed by atoms with Crippen LogP contribution in [0.2, 0.25) is 0 Å². The molecule has 0 aliphatic heterocycles. The Morgan fingerprint density at radius 2 is 2.05 bits per heavy atom. The van der Waals surface area contributed by atoms with Gasteiger partial charge in [-0.3, -0.25) is 0 Å². The molecule has 102 valence electrons. The van der Waals surface area contributed by atoms with Crippen molar-refractivity contribution in [2.45, 2.75) is 32.9 Å². The Hall–Kier alpha value is -1.88. The molecule has 5 heteroatoms. The van der Waals surface area contributed by atoms with Crippen LogP contribution in [0, 0.1) is 5.92 Å². The molecule has 1 aromatic heterocycles. The Morgan fingerprint density at radius 1 is 1.32 bits per heavy atom. The number of hydrogen-bond acceptors (Lipinski definition) is 5. The first-order valence-corrected chi connectivity index (χ1v) is 6.46. The van der Waals surface area contributed by atoms with E-state index in [-0.39, 0.29) is 12.6 Å². The van der Waals surface area contributed by atoms with E-state index in [1.54, 1.807) is 0 Å². The van der Waals surface area contributed by atoms with Gasteiger partial charge in [-0.05, 0) is 18.1 Å².